The van der Waals surface area contributed by atoms with E-state index in [2.05, 4.69) is 0 Å². The van der Waals surface area contributed by atoms with Crippen LogP contribution in [-0.2, 0) is 0 Å². The van der Waals surface area contributed by atoms with Crippen LogP contribution in [0, 0.1) is 0 Å². The molecular formula is C5H16Cl3N5O. The third-order valence-corrected chi connectivity index (χ3v) is 1.35. The lowest BCUT2D eigenvalue weighted by molar-refractivity contribution is 0.375. The second-order valence-corrected chi connectivity index (χ2v) is 2.18. The van der Waals surface area contributed by atoms with Crippen molar-refractivity contribution in [3.63, 3.8) is 0 Å². The molecule has 1 heterocycles. The number of allylic oxidation sites excluding steroid dienone is 1. The zero-order chi connectivity index (χ0) is 7.72. The summed E-state index contributed by atoms with van der Waals surface area (Å²) in [6, 6.07) is 0. The van der Waals surface area contributed by atoms with Crippen molar-refractivity contribution < 1.29 is 5.48 Å². The number of nitrogens with two attached hydrogens (primary N) is 4. The second kappa shape index (κ2) is 9.04. The number of nitrogens with zero attached hydrogens (tertiary/aromatic N) is 1. The van der Waals surface area contributed by atoms with Gasteiger partial charge < -0.3 is 22.7 Å². The van der Waals surface area contributed by atoms with Crippen LogP contribution in [0.3, 0.4) is 0 Å². The van der Waals surface area contributed by atoms with Gasteiger partial charge in [0.25, 0.3) is 0 Å². The van der Waals surface area contributed by atoms with E-state index in [1.807, 2.05) is 0 Å². The van der Waals surface area contributed by atoms with Crippen molar-refractivity contribution in [1.82, 2.24) is 5.01 Å². The number of hydrazine groups is 1. The summed E-state index contributed by atoms with van der Waals surface area (Å²) in [6.45, 7) is 0.397. The lowest BCUT2D eigenvalue weighted by Crippen LogP contribution is -2.40. The Morgan fingerprint density at radius 1 is 1.07 bits per heavy atom. The maximum Gasteiger partial charge on any atom is 0.115 e. The molecule has 10 N–H and O–H groups in total. The molecule has 0 bridgehead atoms. The SMILES string of the molecule is Cl.Cl.Cl.NC1=CC(N)=C(N)CN1N.O. The third kappa shape index (κ3) is 5.25. The number of hydrogen-bond acceptors (Lipinski definition) is 5. The highest BCUT2D eigenvalue weighted by atomic mass is 35.5. The van der Waals surface area contributed by atoms with Crippen molar-refractivity contribution in [3.8, 4) is 0 Å². The standard InChI is InChI=1S/C5H11N5.3ClH.H2O/c6-3-1-5(8)10(9)2-4(3)7;;;;/h1H,2,6-9H2;3*1H;1H2. The first-order chi connectivity index (χ1) is 4.61. The molecule has 88 valence electrons. The van der Waals surface area contributed by atoms with Crippen molar-refractivity contribution in [2.75, 3.05) is 6.54 Å². The van der Waals surface area contributed by atoms with E-state index in [1.54, 1.807) is 6.08 Å². The van der Waals surface area contributed by atoms with E-state index in [9.17, 15) is 0 Å². The molecule has 1 rings (SSSR count). The quantitative estimate of drug-likeness (QED) is 0.398. The summed E-state index contributed by atoms with van der Waals surface area (Å²) in [7, 11) is 0. The minimum Gasteiger partial charge on any atom is -0.412 e. The van der Waals surface area contributed by atoms with Gasteiger partial charge in [0.15, 0.2) is 0 Å². The zero-order valence-corrected chi connectivity index (χ0v) is 9.72. The highest BCUT2D eigenvalue weighted by Gasteiger charge is 2.10. The Labute approximate surface area is 101 Å². The average Bonchev–Trinajstić information content (AvgIpc) is 1.84. The van der Waals surface area contributed by atoms with Crippen molar-refractivity contribution in [2.24, 2.45) is 23.0 Å². The molecule has 0 saturated heterocycles. The minimum atomic E-state index is 0. The van der Waals surface area contributed by atoms with Crippen LogP contribution in [0.1, 0.15) is 0 Å². The molecule has 0 atom stereocenters. The van der Waals surface area contributed by atoms with Crippen LogP contribution in [0.15, 0.2) is 23.3 Å². The molecule has 0 spiro atoms. The van der Waals surface area contributed by atoms with Gasteiger partial charge in [0.1, 0.15) is 5.82 Å². The molecule has 0 radical (unpaired) electrons. The van der Waals surface area contributed by atoms with Crippen LogP contribution >= 0.6 is 37.2 Å². The highest BCUT2D eigenvalue weighted by molar-refractivity contribution is 5.86. The molecule has 1 aliphatic heterocycles. The zero-order valence-electron chi connectivity index (χ0n) is 7.27. The maximum atomic E-state index is 5.46. The lowest BCUT2D eigenvalue weighted by atomic mass is 10.2. The summed E-state index contributed by atoms with van der Waals surface area (Å²) >= 11 is 0. The first-order valence-corrected chi connectivity index (χ1v) is 2.84. The second-order valence-electron chi connectivity index (χ2n) is 2.18. The first kappa shape index (κ1) is 23.4. The van der Waals surface area contributed by atoms with Gasteiger partial charge in [-0.25, -0.2) is 5.84 Å². The Bertz CT molecular complexity index is 219. The Hall–Kier alpha value is -0.530. The van der Waals surface area contributed by atoms with E-state index < -0.39 is 0 Å². The normalized spacial score (nSPS) is 13.8. The molecular weight excluding hydrogens is 252 g/mol. The summed E-state index contributed by atoms with van der Waals surface area (Å²) < 4.78 is 0. The van der Waals surface area contributed by atoms with E-state index in [0.717, 1.165) is 0 Å². The molecule has 0 unspecified atom stereocenters. The van der Waals surface area contributed by atoms with Gasteiger partial charge in [0.2, 0.25) is 0 Å². The van der Waals surface area contributed by atoms with Crippen LogP contribution < -0.4 is 23.0 Å². The molecule has 0 saturated carbocycles. The summed E-state index contributed by atoms with van der Waals surface area (Å²) in [6.07, 6.45) is 1.54. The Morgan fingerprint density at radius 3 is 1.86 bits per heavy atom. The fourth-order valence-corrected chi connectivity index (χ4v) is 0.701. The Morgan fingerprint density at radius 2 is 1.50 bits per heavy atom. The molecule has 0 aromatic rings. The smallest absolute Gasteiger partial charge is 0.115 e. The van der Waals surface area contributed by atoms with Crippen LogP contribution in [-0.4, -0.2) is 17.0 Å². The molecule has 9 heteroatoms. The minimum absolute atomic E-state index is 0. The van der Waals surface area contributed by atoms with Crippen LogP contribution in [0.5, 0.6) is 0 Å². The number of rotatable bonds is 0. The molecule has 0 fully saturated rings. The molecule has 0 aromatic heterocycles. The van der Waals surface area contributed by atoms with Gasteiger partial charge in [-0.2, -0.15) is 0 Å². The van der Waals surface area contributed by atoms with E-state index in [-0.39, 0.29) is 42.7 Å². The van der Waals surface area contributed by atoms with Gasteiger partial charge >= 0.3 is 0 Å². The van der Waals surface area contributed by atoms with Crippen molar-refractivity contribution >= 4 is 37.2 Å². The fraction of sp³-hybridized carbons (Fsp3) is 0.200. The predicted octanol–water partition coefficient (Wildman–Crippen LogP) is -1.45. The summed E-state index contributed by atoms with van der Waals surface area (Å²) in [5, 5.41) is 1.34. The van der Waals surface area contributed by atoms with Gasteiger partial charge in [-0.3, -0.25) is 5.01 Å². The van der Waals surface area contributed by atoms with Crippen molar-refractivity contribution in [1.29, 1.82) is 0 Å². The largest absolute Gasteiger partial charge is 0.412 e. The molecule has 0 amide bonds. The summed E-state index contributed by atoms with van der Waals surface area (Å²) in [5.74, 6) is 5.84. The van der Waals surface area contributed by atoms with E-state index >= 15 is 0 Å². The summed E-state index contributed by atoms with van der Waals surface area (Å²) in [4.78, 5) is 0. The van der Waals surface area contributed by atoms with Crippen LogP contribution in [0.4, 0.5) is 0 Å². The molecule has 0 aromatic carbocycles. The van der Waals surface area contributed by atoms with Gasteiger partial charge in [0.05, 0.1) is 17.9 Å². The molecule has 6 nitrogen and oxygen atoms in total. The van der Waals surface area contributed by atoms with E-state index in [4.69, 9.17) is 23.0 Å². The monoisotopic (exact) mass is 267 g/mol. The number of hydrogen-bond donors (Lipinski definition) is 4. The van der Waals surface area contributed by atoms with Crippen molar-refractivity contribution in [2.45, 2.75) is 0 Å². The van der Waals surface area contributed by atoms with Gasteiger partial charge in [0, 0.05) is 6.08 Å². The molecule has 0 aliphatic carbocycles. The molecule has 1 aliphatic rings. The van der Waals surface area contributed by atoms with Crippen LogP contribution in [0.2, 0.25) is 0 Å². The van der Waals surface area contributed by atoms with Gasteiger partial charge in [-0.15, -0.1) is 37.2 Å². The Kier molecular flexibility index (Phi) is 15.1. The average molecular weight is 269 g/mol. The molecule has 14 heavy (non-hydrogen) atoms. The van der Waals surface area contributed by atoms with Crippen LogP contribution in [0.25, 0.3) is 0 Å². The third-order valence-electron chi connectivity index (χ3n) is 1.35. The fourth-order valence-electron chi connectivity index (χ4n) is 0.701. The maximum absolute atomic E-state index is 5.46. The van der Waals surface area contributed by atoms with Crippen molar-refractivity contribution in [3.05, 3.63) is 23.3 Å². The first-order valence-electron chi connectivity index (χ1n) is 2.84. The Balaban J connectivity index is -0.000000125. The van der Waals surface area contributed by atoms with Gasteiger partial charge in [-0.05, 0) is 0 Å². The highest BCUT2D eigenvalue weighted by Crippen LogP contribution is 2.05. The summed E-state index contributed by atoms with van der Waals surface area (Å²) in [5.41, 5.74) is 17.4. The topological polar surface area (TPSA) is 139 Å². The van der Waals surface area contributed by atoms with E-state index in [0.29, 0.717) is 23.8 Å². The van der Waals surface area contributed by atoms with Gasteiger partial charge in [-0.1, -0.05) is 0 Å². The van der Waals surface area contributed by atoms with E-state index in [1.165, 1.54) is 5.01 Å². The number of halogens is 3. The lowest BCUT2D eigenvalue weighted by Gasteiger charge is -2.23. The predicted molar refractivity (Wildman–Crippen MR) is 63.9 cm³/mol.